The first-order valence-electron chi connectivity index (χ1n) is 4.57. The molecule has 3 nitrogen and oxygen atoms in total. The summed E-state index contributed by atoms with van der Waals surface area (Å²) in [5.41, 5.74) is 0. The van der Waals surface area contributed by atoms with E-state index in [1.807, 2.05) is 14.1 Å². The summed E-state index contributed by atoms with van der Waals surface area (Å²) in [5, 5.41) is 0.655. The van der Waals surface area contributed by atoms with E-state index in [0.717, 1.165) is 13.0 Å². The largest absolute Gasteiger partial charge is 0.478 e. The van der Waals surface area contributed by atoms with E-state index in [-0.39, 0.29) is 0 Å². The van der Waals surface area contributed by atoms with Crippen LogP contribution < -0.4 is 4.74 Å². The third-order valence-corrected chi connectivity index (χ3v) is 1.93. The van der Waals surface area contributed by atoms with Gasteiger partial charge in [0.05, 0.1) is 6.61 Å². The van der Waals surface area contributed by atoms with E-state index in [2.05, 4.69) is 9.88 Å². The lowest BCUT2D eigenvalue weighted by molar-refractivity contribution is 0.273. The Balaban J connectivity index is 2.25. The Bertz CT molecular complexity index is 279. The Morgan fingerprint density at radius 2 is 2.29 bits per heavy atom. The average molecular weight is 215 g/mol. The number of ether oxygens (including phenoxy) is 1. The van der Waals surface area contributed by atoms with E-state index >= 15 is 0 Å². The number of hydrogen-bond acceptors (Lipinski definition) is 3. The summed E-state index contributed by atoms with van der Waals surface area (Å²) in [6.45, 7) is 1.69. The molecule has 0 unspecified atom stereocenters. The normalized spacial score (nSPS) is 10.6. The zero-order valence-electron chi connectivity index (χ0n) is 8.53. The second-order valence-corrected chi connectivity index (χ2v) is 3.75. The molecule has 0 amide bonds. The van der Waals surface area contributed by atoms with Crippen molar-refractivity contribution in [3.63, 3.8) is 0 Å². The van der Waals surface area contributed by atoms with Crippen molar-refractivity contribution < 1.29 is 4.74 Å². The topological polar surface area (TPSA) is 25.4 Å². The first kappa shape index (κ1) is 11.3. The predicted octanol–water partition coefficient (Wildman–Crippen LogP) is 2.07. The molecule has 0 radical (unpaired) electrons. The molecule has 0 aromatic carbocycles. The number of halogens is 1. The SMILES string of the molecule is CN(C)CCCOc1cc(Cl)ccn1. The molecular formula is C10H15ClN2O. The van der Waals surface area contributed by atoms with E-state index in [0.29, 0.717) is 17.5 Å². The van der Waals surface area contributed by atoms with Crippen molar-refractivity contribution in [2.75, 3.05) is 27.2 Å². The van der Waals surface area contributed by atoms with Crippen molar-refractivity contribution in [2.24, 2.45) is 0 Å². The highest BCUT2D eigenvalue weighted by atomic mass is 35.5. The molecular weight excluding hydrogens is 200 g/mol. The Hall–Kier alpha value is -0.800. The van der Waals surface area contributed by atoms with Gasteiger partial charge < -0.3 is 9.64 Å². The van der Waals surface area contributed by atoms with Crippen LogP contribution in [0.2, 0.25) is 5.02 Å². The molecule has 0 saturated carbocycles. The quantitative estimate of drug-likeness (QED) is 0.702. The van der Waals surface area contributed by atoms with E-state index in [1.165, 1.54) is 0 Å². The van der Waals surface area contributed by atoms with Gasteiger partial charge in [-0.1, -0.05) is 11.6 Å². The molecule has 0 N–H and O–H groups in total. The number of pyridine rings is 1. The summed E-state index contributed by atoms with van der Waals surface area (Å²) >= 11 is 5.78. The van der Waals surface area contributed by atoms with Crippen LogP contribution in [0.15, 0.2) is 18.3 Å². The Labute approximate surface area is 89.7 Å². The molecule has 4 heteroatoms. The first-order valence-corrected chi connectivity index (χ1v) is 4.95. The van der Waals surface area contributed by atoms with Crippen LogP contribution in [0, 0.1) is 0 Å². The van der Waals surface area contributed by atoms with Crippen molar-refractivity contribution in [1.29, 1.82) is 0 Å². The predicted molar refractivity (Wildman–Crippen MR) is 57.9 cm³/mol. The highest BCUT2D eigenvalue weighted by Gasteiger charge is 1.96. The van der Waals surface area contributed by atoms with Gasteiger partial charge in [-0.25, -0.2) is 4.98 Å². The Kier molecular flexibility index (Phi) is 4.70. The van der Waals surface area contributed by atoms with Crippen molar-refractivity contribution in [3.8, 4) is 5.88 Å². The average Bonchev–Trinajstić information content (AvgIpc) is 2.12. The molecule has 1 aromatic rings. The second kappa shape index (κ2) is 5.83. The lowest BCUT2D eigenvalue weighted by Crippen LogP contribution is -2.15. The van der Waals surface area contributed by atoms with Gasteiger partial charge in [-0.2, -0.15) is 0 Å². The van der Waals surface area contributed by atoms with Gasteiger partial charge in [0.2, 0.25) is 5.88 Å². The Morgan fingerprint density at radius 3 is 2.93 bits per heavy atom. The molecule has 14 heavy (non-hydrogen) atoms. The molecule has 0 aliphatic carbocycles. The molecule has 0 aliphatic rings. The monoisotopic (exact) mass is 214 g/mol. The van der Waals surface area contributed by atoms with Crippen LogP contribution >= 0.6 is 11.6 Å². The standard InChI is InChI=1S/C10H15ClN2O/c1-13(2)6-3-7-14-10-8-9(11)4-5-12-10/h4-5,8H,3,6-7H2,1-2H3. The fraction of sp³-hybridized carbons (Fsp3) is 0.500. The summed E-state index contributed by atoms with van der Waals surface area (Å²) in [7, 11) is 4.08. The third kappa shape index (κ3) is 4.44. The summed E-state index contributed by atoms with van der Waals surface area (Å²) < 4.78 is 5.42. The minimum Gasteiger partial charge on any atom is -0.478 e. The van der Waals surface area contributed by atoms with Crippen LogP contribution in [0.1, 0.15) is 6.42 Å². The number of nitrogens with zero attached hydrogens (tertiary/aromatic N) is 2. The Morgan fingerprint density at radius 1 is 1.50 bits per heavy atom. The molecule has 0 fully saturated rings. The minimum atomic E-state index is 0.594. The summed E-state index contributed by atoms with van der Waals surface area (Å²) in [5.74, 6) is 0.594. The molecule has 0 spiro atoms. The fourth-order valence-electron chi connectivity index (χ4n) is 1.02. The fourth-order valence-corrected chi connectivity index (χ4v) is 1.17. The molecule has 1 aromatic heterocycles. The van der Waals surface area contributed by atoms with Gasteiger partial charge in [0, 0.05) is 23.8 Å². The minimum absolute atomic E-state index is 0.594. The lowest BCUT2D eigenvalue weighted by atomic mass is 10.4. The molecule has 1 rings (SSSR count). The van der Waals surface area contributed by atoms with Crippen LogP contribution in [-0.4, -0.2) is 37.1 Å². The van der Waals surface area contributed by atoms with Gasteiger partial charge >= 0.3 is 0 Å². The number of rotatable bonds is 5. The first-order chi connectivity index (χ1) is 6.68. The summed E-state index contributed by atoms with van der Waals surface area (Å²) in [4.78, 5) is 6.16. The molecule has 0 atom stereocenters. The highest BCUT2D eigenvalue weighted by molar-refractivity contribution is 6.30. The van der Waals surface area contributed by atoms with E-state index in [9.17, 15) is 0 Å². The van der Waals surface area contributed by atoms with Gasteiger partial charge in [0.1, 0.15) is 0 Å². The maximum Gasteiger partial charge on any atom is 0.214 e. The van der Waals surface area contributed by atoms with Crippen LogP contribution in [0.4, 0.5) is 0 Å². The molecule has 78 valence electrons. The highest BCUT2D eigenvalue weighted by Crippen LogP contribution is 2.13. The molecule has 0 aliphatic heterocycles. The van der Waals surface area contributed by atoms with E-state index in [1.54, 1.807) is 18.3 Å². The third-order valence-electron chi connectivity index (χ3n) is 1.70. The maximum atomic E-state index is 5.78. The van der Waals surface area contributed by atoms with Crippen molar-refractivity contribution in [1.82, 2.24) is 9.88 Å². The van der Waals surface area contributed by atoms with Crippen molar-refractivity contribution >= 4 is 11.6 Å². The summed E-state index contributed by atoms with van der Waals surface area (Å²) in [6, 6.07) is 3.45. The molecule has 0 saturated heterocycles. The summed E-state index contributed by atoms with van der Waals surface area (Å²) in [6.07, 6.45) is 2.63. The van der Waals surface area contributed by atoms with Gasteiger partial charge in [-0.15, -0.1) is 0 Å². The zero-order valence-corrected chi connectivity index (χ0v) is 9.29. The van der Waals surface area contributed by atoms with Crippen LogP contribution in [0.3, 0.4) is 0 Å². The lowest BCUT2D eigenvalue weighted by Gasteiger charge is -2.09. The molecule has 1 heterocycles. The van der Waals surface area contributed by atoms with E-state index < -0.39 is 0 Å². The van der Waals surface area contributed by atoms with Crippen LogP contribution in [0.25, 0.3) is 0 Å². The zero-order chi connectivity index (χ0) is 10.4. The smallest absolute Gasteiger partial charge is 0.214 e. The van der Waals surface area contributed by atoms with Crippen LogP contribution in [-0.2, 0) is 0 Å². The van der Waals surface area contributed by atoms with Crippen molar-refractivity contribution in [2.45, 2.75) is 6.42 Å². The number of aromatic nitrogens is 1. The maximum absolute atomic E-state index is 5.78. The van der Waals surface area contributed by atoms with Crippen molar-refractivity contribution in [3.05, 3.63) is 23.4 Å². The van der Waals surface area contributed by atoms with Gasteiger partial charge in [0.15, 0.2) is 0 Å². The van der Waals surface area contributed by atoms with Gasteiger partial charge in [-0.3, -0.25) is 0 Å². The molecule has 0 bridgehead atoms. The number of hydrogen-bond donors (Lipinski definition) is 0. The second-order valence-electron chi connectivity index (χ2n) is 3.32. The van der Waals surface area contributed by atoms with Crippen LogP contribution in [0.5, 0.6) is 5.88 Å². The van der Waals surface area contributed by atoms with E-state index in [4.69, 9.17) is 16.3 Å². The van der Waals surface area contributed by atoms with Gasteiger partial charge in [0.25, 0.3) is 0 Å². The van der Waals surface area contributed by atoms with Gasteiger partial charge in [-0.05, 0) is 26.6 Å².